The Morgan fingerprint density at radius 2 is 2.33 bits per heavy atom. The first kappa shape index (κ1) is 12.2. The fraction of sp³-hybridized carbons (Fsp3) is 0.357. The first-order valence-electron chi connectivity index (χ1n) is 6.22. The molecule has 1 N–H and O–H groups in total. The number of benzene rings is 1. The minimum atomic E-state index is 0.673. The predicted molar refractivity (Wildman–Crippen MR) is 82.0 cm³/mol. The fourth-order valence-corrected chi connectivity index (χ4v) is 2.90. The van der Waals surface area contributed by atoms with Crippen molar-refractivity contribution in [2.75, 3.05) is 18.5 Å². The Morgan fingerprint density at radius 1 is 1.44 bits per heavy atom. The van der Waals surface area contributed by atoms with Crippen LogP contribution in [0.2, 0.25) is 0 Å². The molecule has 0 atom stereocenters. The van der Waals surface area contributed by atoms with Crippen molar-refractivity contribution < 1.29 is 4.74 Å². The molecule has 4 heteroatoms. The molecule has 3 rings (SSSR count). The van der Waals surface area contributed by atoms with Crippen LogP contribution in [-0.2, 0) is 17.8 Å². The summed E-state index contributed by atoms with van der Waals surface area (Å²) < 4.78 is 6.81. The third kappa shape index (κ3) is 2.07. The zero-order chi connectivity index (χ0) is 12.5. The molecule has 1 aromatic heterocycles. The molecule has 2 heterocycles. The molecule has 0 saturated carbocycles. The number of nitrogens with zero attached hydrogens (tertiary/aromatic N) is 1. The highest BCUT2D eigenvalue weighted by Crippen LogP contribution is 2.32. The molecule has 1 aromatic carbocycles. The highest BCUT2D eigenvalue weighted by Gasteiger charge is 2.18. The normalized spacial score (nSPS) is 14.6. The summed E-state index contributed by atoms with van der Waals surface area (Å²) in [5, 5.41) is 4.68. The lowest BCUT2D eigenvalue weighted by Gasteiger charge is -2.21. The standard InChI is InChI=1S/C14H15IN2O/c1-2-16-14-10-7-9(15)3-4-12(10)17-13-5-6-18-8-11(13)14/h3-4,7H,2,5-6,8H2,1H3,(H,16,17). The van der Waals surface area contributed by atoms with Gasteiger partial charge in [-0.3, -0.25) is 4.98 Å². The van der Waals surface area contributed by atoms with E-state index in [9.17, 15) is 0 Å². The van der Waals surface area contributed by atoms with E-state index in [0.29, 0.717) is 6.61 Å². The molecule has 0 aliphatic carbocycles. The van der Waals surface area contributed by atoms with Gasteiger partial charge in [0.25, 0.3) is 0 Å². The summed E-state index contributed by atoms with van der Waals surface area (Å²) in [6.07, 6.45) is 0.912. The molecule has 3 nitrogen and oxygen atoms in total. The monoisotopic (exact) mass is 354 g/mol. The second kappa shape index (κ2) is 5.01. The van der Waals surface area contributed by atoms with Crippen LogP contribution in [0.5, 0.6) is 0 Å². The molecule has 1 aliphatic rings. The van der Waals surface area contributed by atoms with E-state index >= 15 is 0 Å². The van der Waals surface area contributed by atoms with Gasteiger partial charge in [0.15, 0.2) is 0 Å². The van der Waals surface area contributed by atoms with Crippen molar-refractivity contribution in [2.24, 2.45) is 0 Å². The molecule has 0 radical (unpaired) electrons. The summed E-state index contributed by atoms with van der Waals surface area (Å²) >= 11 is 2.34. The van der Waals surface area contributed by atoms with Gasteiger partial charge in [-0.15, -0.1) is 0 Å². The predicted octanol–water partition coefficient (Wildman–Crippen LogP) is 3.34. The van der Waals surface area contributed by atoms with Crippen LogP contribution in [0.4, 0.5) is 5.69 Å². The SMILES string of the molecule is CCNc1c2c(nc3ccc(I)cc13)CCOC2. The largest absolute Gasteiger partial charge is 0.384 e. The van der Waals surface area contributed by atoms with Crippen LogP contribution in [0, 0.1) is 3.57 Å². The maximum absolute atomic E-state index is 5.58. The maximum Gasteiger partial charge on any atom is 0.0755 e. The van der Waals surface area contributed by atoms with Gasteiger partial charge in [0.2, 0.25) is 0 Å². The summed E-state index contributed by atoms with van der Waals surface area (Å²) in [5.41, 5.74) is 4.70. The molecule has 0 amide bonds. The Labute approximate surface area is 120 Å². The van der Waals surface area contributed by atoms with Gasteiger partial charge in [-0.1, -0.05) is 0 Å². The van der Waals surface area contributed by atoms with E-state index in [4.69, 9.17) is 9.72 Å². The Balaban J connectivity index is 2.30. The Bertz CT molecular complexity index is 598. The minimum absolute atomic E-state index is 0.673. The molecule has 0 saturated heterocycles. The molecule has 0 fully saturated rings. The Hall–Kier alpha value is -0.880. The lowest BCUT2D eigenvalue weighted by molar-refractivity contribution is 0.110. The van der Waals surface area contributed by atoms with Crippen LogP contribution in [-0.4, -0.2) is 18.1 Å². The number of halogens is 1. The van der Waals surface area contributed by atoms with E-state index < -0.39 is 0 Å². The van der Waals surface area contributed by atoms with E-state index in [0.717, 1.165) is 25.1 Å². The summed E-state index contributed by atoms with van der Waals surface area (Å²) in [6.45, 7) is 4.49. The van der Waals surface area contributed by atoms with Crippen molar-refractivity contribution >= 4 is 39.2 Å². The first-order chi connectivity index (χ1) is 8.79. The molecule has 94 valence electrons. The second-order valence-corrected chi connectivity index (χ2v) is 5.65. The van der Waals surface area contributed by atoms with Crippen molar-refractivity contribution in [1.82, 2.24) is 4.98 Å². The lowest BCUT2D eigenvalue weighted by Crippen LogP contribution is -2.15. The third-order valence-corrected chi connectivity index (χ3v) is 3.89. The number of hydrogen-bond acceptors (Lipinski definition) is 3. The van der Waals surface area contributed by atoms with Crippen molar-refractivity contribution in [1.29, 1.82) is 0 Å². The van der Waals surface area contributed by atoms with Crippen molar-refractivity contribution in [3.8, 4) is 0 Å². The molecule has 0 unspecified atom stereocenters. The van der Waals surface area contributed by atoms with Crippen molar-refractivity contribution in [2.45, 2.75) is 20.0 Å². The van der Waals surface area contributed by atoms with Gasteiger partial charge < -0.3 is 10.1 Å². The van der Waals surface area contributed by atoms with Crippen LogP contribution in [0.25, 0.3) is 10.9 Å². The van der Waals surface area contributed by atoms with Gasteiger partial charge in [0.1, 0.15) is 0 Å². The zero-order valence-corrected chi connectivity index (χ0v) is 12.5. The number of rotatable bonds is 2. The molecule has 0 bridgehead atoms. The van der Waals surface area contributed by atoms with Crippen LogP contribution >= 0.6 is 22.6 Å². The maximum atomic E-state index is 5.58. The van der Waals surface area contributed by atoms with Gasteiger partial charge in [0, 0.05) is 27.5 Å². The smallest absolute Gasteiger partial charge is 0.0755 e. The van der Waals surface area contributed by atoms with Gasteiger partial charge >= 0.3 is 0 Å². The molecular weight excluding hydrogens is 339 g/mol. The van der Waals surface area contributed by atoms with E-state index in [-0.39, 0.29) is 0 Å². The average Bonchev–Trinajstić information content (AvgIpc) is 2.39. The lowest BCUT2D eigenvalue weighted by atomic mass is 10.0. The number of anilines is 1. The second-order valence-electron chi connectivity index (χ2n) is 4.41. The Kier molecular flexibility index (Phi) is 3.39. The van der Waals surface area contributed by atoms with Crippen LogP contribution < -0.4 is 5.32 Å². The van der Waals surface area contributed by atoms with Crippen molar-refractivity contribution in [3.05, 3.63) is 33.0 Å². The Morgan fingerprint density at radius 3 is 3.17 bits per heavy atom. The summed E-state index contributed by atoms with van der Waals surface area (Å²) in [6, 6.07) is 6.40. The van der Waals surface area contributed by atoms with E-state index in [2.05, 4.69) is 53.0 Å². The average molecular weight is 354 g/mol. The minimum Gasteiger partial charge on any atom is -0.384 e. The number of hydrogen-bond donors (Lipinski definition) is 1. The van der Waals surface area contributed by atoms with Crippen LogP contribution in [0.3, 0.4) is 0 Å². The van der Waals surface area contributed by atoms with E-state index in [1.165, 1.54) is 25.9 Å². The molecule has 0 spiro atoms. The van der Waals surface area contributed by atoms with Gasteiger partial charge in [-0.25, -0.2) is 0 Å². The summed E-state index contributed by atoms with van der Waals surface area (Å²) in [4.78, 5) is 4.78. The highest BCUT2D eigenvalue weighted by atomic mass is 127. The number of ether oxygens (including phenoxy) is 1. The van der Waals surface area contributed by atoms with E-state index in [1.807, 2.05) is 0 Å². The quantitative estimate of drug-likeness (QED) is 0.840. The molecule has 1 aliphatic heterocycles. The fourth-order valence-electron chi connectivity index (χ4n) is 2.41. The molecule has 2 aromatic rings. The van der Waals surface area contributed by atoms with Gasteiger partial charge in [-0.05, 0) is 47.7 Å². The van der Waals surface area contributed by atoms with Crippen LogP contribution in [0.15, 0.2) is 18.2 Å². The highest BCUT2D eigenvalue weighted by molar-refractivity contribution is 14.1. The molecule has 18 heavy (non-hydrogen) atoms. The van der Waals surface area contributed by atoms with E-state index in [1.54, 1.807) is 0 Å². The van der Waals surface area contributed by atoms with Crippen LogP contribution in [0.1, 0.15) is 18.2 Å². The number of aromatic nitrogens is 1. The van der Waals surface area contributed by atoms with Gasteiger partial charge in [-0.2, -0.15) is 0 Å². The van der Waals surface area contributed by atoms with Crippen molar-refractivity contribution in [3.63, 3.8) is 0 Å². The van der Waals surface area contributed by atoms with Gasteiger partial charge in [0.05, 0.1) is 30.1 Å². The molecular formula is C14H15IN2O. The number of pyridine rings is 1. The summed E-state index contributed by atoms with van der Waals surface area (Å²) in [5.74, 6) is 0. The summed E-state index contributed by atoms with van der Waals surface area (Å²) in [7, 11) is 0. The zero-order valence-electron chi connectivity index (χ0n) is 10.3. The number of fused-ring (bicyclic) bond motifs is 2. The first-order valence-corrected chi connectivity index (χ1v) is 7.30. The third-order valence-electron chi connectivity index (χ3n) is 3.22. The number of nitrogens with one attached hydrogen (secondary N) is 1. The topological polar surface area (TPSA) is 34.2 Å².